The van der Waals surface area contributed by atoms with Crippen molar-refractivity contribution < 1.29 is 24.0 Å². The summed E-state index contributed by atoms with van der Waals surface area (Å²) in [5.41, 5.74) is 3.24. The van der Waals surface area contributed by atoms with Crippen LogP contribution in [0.2, 0.25) is 0 Å². The van der Waals surface area contributed by atoms with E-state index in [0.29, 0.717) is 17.9 Å². The average molecular weight is 434 g/mol. The summed E-state index contributed by atoms with van der Waals surface area (Å²) in [5.74, 6) is -1.90. The number of anilines is 1. The van der Waals surface area contributed by atoms with Crippen molar-refractivity contribution in [3.63, 3.8) is 0 Å². The Balaban J connectivity index is 1.64. The highest BCUT2D eigenvalue weighted by Crippen LogP contribution is 2.21. The van der Waals surface area contributed by atoms with Gasteiger partial charge >= 0.3 is 5.97 Å². The molecule has 2 fully saturated rings. The summed E-state index contributed by atoms with van der Waals surface area (Å²) < 4.78 is 5.53. The van der Waals surface area contributed by atoms with Gasteiger partial charge < -0.3 is 14.9 Å². The van der Waals surface area contributed by atoms with Crippen molar-refractivity contribution in [2.24, 2.45) is 4.99 Å². The molecule has 2 aliphatic rings. The van der Waals surface area contributed by atoms with Gasteiger partial charge in [0.2, 0.25) is 0 Å². The topological polar surface area (TPSA) is 109 Å². The number of carbonyl (C=O) groups is 3. The SMILES string of the molecule is O=C(NCC1CCCO1)C(/C=C1\C(=O)ONN1c1ccccc1)=NC(=O)c1ccccc1. The van der Waals surface area contributed by atoms with Gasteiger partial charge in [0, 0.05) is 24.8 Å². The summed E-state index contributed by atoms with van der Waals surface area (Å²) in [6.07, 6.45) is 2.92. The summed E-state index contributed by atoms with van der Waals surface area (Å²) in [6, 6.07) is 17.3. The normalized spacial score (nSPS) is 19.8. The van der Waals surface area contributed by atoms with E-state index in [-0.39, 0.29) is 24.1 Å². The summed E-state index contributed by atoms with van der Waals surface area (Å²) in [7, 11) is 0. The highest BCUT2D eigenvalue weighted by atomic mass is 16.7. The van der Waals surface area contributed by atoms with Crippen LogP contribution in [0.3, 0.4) is 0 Å². The number of nitrogens with zero attached hydrogens (tertiary/aromatic N) is 2. The molecule has 32 heavy (non-hydrogen) atoms. The molecule has 4 rings (SSSR count). The molecular formula is C23H22N4O5. The lowest BCUT2D eigenvalue weighted by Crippen LogP contribution is -2.37. The van der Waals surface area contributed by atoms with Gasteiger partial charge in [0.05, 0.1) is 11.8 Å². The van der Waals surface area contributed by atoms with Crippen LogP contribution in [-0.4, -0.2) is 42.8 Å². The summed E-state index contributed by atoms with van der Waals surface area (Å²) in [6.45, 7) is 0.938. The summed E-state index contributed by atoms with van der Waals surface area (Å²) in [4.78, 5) is 46.9. The van der Waals surface area contributed by atoms with Gasteiger partial charge in [-0.05, 0) is 37.1 Å². The Kier molecular flexibility index (Phi) is 6.69. The van der Waals surface area contributed by atoms with E-state index in [1.165, 1.54) is 11.1 Å². The van der Waals surface area contributed by atoms with Crippen LogP contribution >= 0.6 is 0 Å². The van der Waals surface area contributed by atoms with Crippen LogP contribution < -0.4 is 15.9 Å². The second kappa shape index (κ2) is 9.99. The number of hydrazine groups is 1. The molecule has 2 N–H and O–H groups in total. The predicted octanol–water partition coefficient (Wildman–Crippen LogP) is 1.93. The second-order valence-electron chi connectivity index (χ2n) is 7.19. The zero-order valence-corrected chi connectivity index (χ0v) is 17.2. The molecule has 1 unspecified atom stereocenters. The first-order chi connectivity index (χ1) is 15.6. The Bertz CT molecular complexity index is 1050. The Hall–Kier alpha value is -3.82. The molecule has 0 aliphatic carbocycles. The van der Waals surface area contributed by atoms with Gasteiger partial charge in [-0.25, -0.2) is 14.8 Å². The predicted molar refractivity (Wildman–Crippen MR) is 116 cm³/mol. The highest BCUT2D eigenvalue weighted by molar-refractivity contribution is 6.45. The van der Waals surface area contributed by atoms with Gasteiger partial charge in [-0.2, -0.15) is 0 Å². The summed E-state index contributed by atoms with van der Waals surface area (Å²) >= 11 is 0. The maximum atomic E-state index is 12.9. The van der Waals surface area contributed by atoms with Crippen LogP contribution in [-0.2, 0) is 19.2 Å². The van der Waals surface area contributed by atoms with Crippen molar-refractivity contribution in [1.29, 1.82) is 0 Å². The molecule has 2 aromatic carbocycles. The fraction of sp³-hybridized carbons (Fsp3) is 0.217. The maximum absolute atomic E-state index is 12.9. The first-order valence-corrected chi connectivity index (χ1v) is 10.2. The Morgan fingerprint density at radius 1 is 1.12 bits per heavy atom. The molecule has 0 saturated carbocycles. The zero-order valence-electron chi connectivity index (χ0n) is 17.2. The lowest BCUT2D eigenvalue weighted by Gasteiger charge is -2.15. The number of nitrogens with one attached hydrogen (secondary N) is 2. The molecule has 9 heteroatoms. The van der Waals surface area contributed by atoms with E-state index in [4.69, 9.17) is 9.57 Å². The van der Waals surface area contributed by atoms with Crippen molar-refractivity contribution >= 4 is 29.2 Å². The molecule has 2 heterocycles. The van der Waals surface area contributed by atoms with Gasteiger partial charge in [-0.15, -0.1) is 0 Å². The van der Waals surface area contributed by atoms with Crippen LogP contribution in [0.1, 0.15) is 23.2 Å². The zero-order chi connectivity index (χ0) is 22.3. The molecule has 2 amide bonds. The lowest BCUT2D eigenvalue weighted by molar-refractivity contribution is -0.140. The van der Waals surface area contributed by atoms with Gasteiger partial charge in [0.1, 0.15) is 5.71 Å². The largest absolute Gasteiger partial charge is 0.376 e. The maximum Gasteiger partial charge on any atom is 0.376 e. The number of aliphatic imine (C=N–C) groups is 1. The Labute approximate surface area is 184 Å². The van der Waals surface area contributed by atoms with E-state index < -0.39 is 17.8 Å². The van der Waals surface area contributed by atoms with E-state index in [1.54, 1.807) is 54.6 Å². The molecule has 2 saturated heterocycles. The minimum absolute atomic E-state index is 0.0167. The van der Waals surface area contributed by atoms with Gasteiger partial charge in [-0.3, -0.25) is 9.59 Å². The van der Waals surface area contributed by atoms with Crippen LogP contribution in [0.4, 0.5) is 5.69 Å². The third-order valence-electron chi connectivity index (χ3n) is 4.96. The molecule has 0 spiro atoms. The Morgan fingerprint density at radius 2 is 1.84 bits per heavy atom. The first kappa shape index (κ1) is 21.4. The van der Waals surface area contributed by atoms with Gasteiger partial charge in [-0.1, -0.05) is 42.0 Å². The monoisotopic (exact) mass is 434 g/mol. The highest BCUT2D eigenvalue weighted by Gasteiger charge is 2.31. The Morgan fingerprint density at radius 3 is 2.53 bits per heavy atom. The molecule has 2 aromatic rings. The molecule has 1 atom stereocenters. The van der Waals surface area contributed by atoms with Crippen molar-refractivity contribution in [2.75, 3.05) is 18.2 Å². The number of ether oxygens (including phenoxy) is 1. The minimum atomic E-state index is -0.708. The molecule has 0 aromatic heterocycles. The fourth-order valence-corrected chi connectivity index (χ4v) is 3.31. The van der Waals surface area contributed by atoms with Crippen molar-refractivity contribution in [3.05, 3.63) is 78.0 Å². The van der Waals surface area contributed by atoms with Crippen LogP contribution in [0.5, 0.6) is 0 Å². The minimum Gasteiger partial charge on any atom is -0.376 e. The third kappa shape index (κ3) is 5.08. The molecule has 0 radical (unpaired) electrons. The molecule has 164 valence electrons. The number of rotatable bonds is 6. The lowest BCUT2D eigenvalue weighted by atomic mass is 10.2. The number of hydrogen-bond donors (Lipinski definition) is 2. The van der Waals surface area contributed by atoms with E-state index in [2.05, 4.69) is 15.9 Å². The third-order valence-corrected chi connectivity index (χ3v) is 4.96. The number of para-hydroxylation sites is 1. The number of hydrogen-bond acceptors (Lipinski definition) is 7. The first-order valence-electron chi connectivity index (χ1n) is 10.2. The molecular weight excluding hydrogens is 412 g/mol. The van der Waals surface area contributed by atoms with Crippen LogP contribution in [0.15, 0.2) is 77.4 Å². The smallest absolute Gasteiger partial charge is 0.376 e. The van der Waals surface area contributed by atoms with E-state index in [0.717, 1.165) is 12.8 Å². The van der Waals surface area contributed by atoms with E-state index >= 15 is 0 Å². The van der Waals surface area contributed by atoms with E-state index in [9.17, 15) is 14.4 Å². The second-order valence-corrected chi connectivity index (χ2v) is 7.19. The summed E-state index contributed by atoms with van der Waals surface area (Å²) in [5, 5.41) is 4.12. The molecule has 9 nitrogen and oxygen atoms in total. The van der Waals surface area contributed by atoms with Crippen molar-refractivity contribution in [1.82, 2.24) is 10.9 Å². The quantitative estimate of drug-likeness (QED) is 0.528. The van der Waals surface area contributed by atoms with Crippen molar-refractivity contribution in [3.8, 4) is 0 Å². The van der Waals surface area contributed by atoms with Crippen LogP contribution in [0, 0.1) is 0 Å². The van der Waals surface area contributed by atoms with Gasteiger partial charge in [0.15, 0.2) is 5.70 Å². The number of carbonyl (C=O) groups excluding carboxylic acids is 3. The molecule has 2 aliphatic heterocycles. The van der Waals surface area contributed by atoms with Gasteiger partial charge in [0.25, 0.3) is 11.8 Å². The van der Waals surface area contributed by atoms with Crippen LogP contribution in [0.25, 0.3) is 0 Å². The van der Waals surface area contributed by atoms with E-state index in [1.807, 2.05) is 6.07 Å². The average Bonchev–Trinajstić information content (AvgIpc) is 3.48. The van der Waals surface area contributed by atoms with Crippen molar-refractivity contribution in [2.45, 2.75) is 18.9 Å². The fourth-order valence-electron chi connectivity index (χ4n) is 3.31. The molecule has 0 bridgehead atoms. The number of amides is 2. The number of benzene rings is 2. The standard InChI is InChI=1S/C23H22N4O5/c28-21(16-8-3-1-4-9-16)25-19(22(29)24-15-18-12-7-13-31-18)14-20-23(30)32-26-27(20)17-10-5-2-6-11-17/h1-6,8-11,14,18,26H,7,12-13,15H2,(H,24,29)/b20-14+,25-19?.